The van der Waals surface area contributed by atoms with E-state index in [0.29, 0.717) is 11.6 Å². The summed E-state index contributed by atoms with van der Waals surface area (Å²) in [5.74, 6) is 0.237. The minimum atomic E-state index is -3.81. The summed E-state index contributed by atoms with van der Waals surface area (Å²) < 4.78 is 29.0. The van der Waals surface area contributed by atoms with Crippen LogP contribution in [0.4, 0.5) is 5.69 Å². The highest BCUT2D eigenvalue weighted by molar-refractivity contribution is 7.88. The molecule has 0 aliphatic carbocycles. The largest absolute Gasteiger partial charge is 0.508 e. The van der Waals surface area contributed by atoms with Crippen molar-refractivity contribution in [1.29, 1.82) is 0 Å². The molecule has 1 aliphatic heterocycles. The van der Waals surface area contributed by atoms with Crippen LogP contribution in [-0.2, 0) is 14.5 Å². The van der Waals surface area contributed by atoms with Gasteiger partial charge in [-0.15, -0.1) is 11.6 Å². The Morgan fingerprint density at radius 2 is 2.29 bits per heavy atom. The number of fused-ring (bicyclic) bond motifs is 1. The van der Waals surface area contributed by atoms with Gasteiger partial charge >= 0.3 is 10.3 Å². The van der Waals surface area contributed by atoms with Crippen molar-refractivity contribution in [2.24, 2.45) is 0 Å². The van der Waals surface area contributed by atoms with Crippen LogP contribution in [0.1, 0.15) is 11.5 Å². The van der Waals surface area contributed by atoms with Crippen LogP contribution in [0.25, 0.3) is 0 Å². The Kier molecular flexibility index (Phi) is 3.20. The molecule has 0 fully saturated rings. The number of phenolic OH excluding ortho intramolecular Hbond substituents is 1. The van der Waals surface area contributed by atoms with Crippen LogP contribution in [0, 0.1) is 0 Å². The molecule has 2 rings (SSSR count). The Hall–Kier alpha value is -0.980. The number of phenols is 1. The van der Waals surface area contributed by atoms with Crippen molar-refractivity contribution in [2.45, 2.75) is 5.92 Å². The van der Waals surface area contributed by atoms with Crippen molar-refractivity contribution in [3.05, 3.63) is 23.8 Å². The number of aromatic hydroxyl groups is 1. The first-order valence-corrected chi connectivity index (χ1v) is 6.86. The van der Waals surface area contributed by atoms with Crippen LogP contribution >= 0.6 is 11.6 Å². The minimum Gasteiger partial charge on any atom is -0.508 e. The fourth-order valence-electron chi connectivity index (χ4n) is 1.92. The molecule has 7 heteroatoms. The quantitative estimate of drug-likeness (QED) is 0.849. The maximum atomic E-state index is 11.7. The van der Waals surface area contributed by atoms with Crippen LogP contribution < -0.4 is 4.31 Å². The molecule has 1 aromatic carbocycles. The van der Waals surface area contributed by atoms with Gasteiger partial charge in [-0.1, -0.05) is 6.07 Å². The zero-order valence-corrected chi connectivity index (χ0v) is 10.7. The number of benzene rings is 1. The predicted molar refractivity (Wildman–Crippen MR) is 64.8 cm³/mol. The molecule has 0 radical (unpaired) electrons. The van der Waals surface area contributed by atoms with Crippen LogP contribution in [-0.4, -0.2) is 33.1 Å². The second-order valence-electron chi connectivity index (χ2n) is 3.75. The maximum Gasteiger partial charge on any atom is 0.362 e. The Balaban J connectivity index is 2.53. The van der Waals surface area contributed by atoms with E-state index in [1.54, 1.807) is 6.07 Å². The van der Waals surface area contributed by atoms with E-state index in [2.05, 4.69) is 4.18 Å². The van der Waals surface area contributed by atoms with Gasteiger partial charge in [0.1, 0.15) is 5.75 Å². The Morgan fingerprint density at radius 1 is 1.59 bits per heavy atom. The summed E-state index contributed by atoms with van der Waals surface area (Å²) in [6.07, 6.45) is 0. The summed E-state index contributed by atoms with van der Waals surface area (Å²) in [5.41, 5.74) is 1.23. The first-order valence-electron chi connectivity index (χ1n) is 4.96. The molecule has 1 unspecified atom stereocenters. The summed E-state index contributed by atoms with van der Waals surface area (Å²) in [7, 11) is -2.70. The van der Waals surface area contributed by atoms with E-state index < -0.39 is 10.3 Å². The van der Waals surface area contributed by atoms with E-state index in [4.69, 9.17) is 11.6 Å². The first kappa shape index (κ1) is 12.5. The summed E-state index contributed by atoms with van der Waals surface area (Å²) in [6.45, 7) is 0.235. The molecule has 0 aromatic heterocycles. The molecule has 1 aromatic rings. The smallest absolute Gasteiger partial charge is 0.362 e. The number of hydrogen-bond donors (Lipinski definition) is 1. The Labute approximate surface area is 105 Å². The van der Waals surface area contributed by atoms with Crippen molar-refractivity contribution in [3.63, 3.8) is 0 Å². The number of alkyl halides is 1. The maximum absolute atomic E-state index is 11.7. The molecule has 1 heterocycles. The first-order chi connectivity index (χ1) is 7.99. The number of halogens is 1. The molecule has 0 saturated heterocycles. The van der Waals surface area contributed by atoms with E-state index in [-0.39, 0.29) is 18.2 Å². The minimum absolute atomic E-state index is 0.00951. The molecule has 0 amide bonds. The molecule has 17 heavy (non-hydrogen) atoms. The monoisotopic (exact) mass is 277 g/mol. The topological polar surface area (TPSA) is 66.8 Å². The van der Waals surface area contributed by atoms with Crippen LogP contribution in [0.3, 0.4) is 0 Å². The van der Waals surface area contributed by atoms with E-state index >= 15 is 0 Å². The van der Waals surface area contributed by atoms with E-state index in [1.165, 1.54) is 12.1 Å². The van der Waals surface area contributed by atoms with E-state index in [0.717, 1.165) is 17.0 Å². The van der Waals surface area contributed by atoms with Gasteiger partial charge in [-0.2, -0.15) is 8.42 Å². The molecule has 1 N–H and O–H groups in total. The summed E-state index contributed by atoms with van der Waals surface area (Å²) in [6, 6.07) is 4.60. The highest BCUT2D eigenvalue weighted by Crippen LogP contribution is 2.40. The van der Waals surface area contributed by atoms with Gasteiger partial charge in [-0.3, -0.25) is 4.18 Å². The van der Waals surface area contributed by atoms with Gasteiger partial charge in [0, 0.05) is 24.4 Å². The molecule has 1 aliphatic rings. The fourth-order valence-corrected chi connectivity index (χ4v) is 3.13. The van der Waals surface area contributed by atoms with Crippen LogP contribution in [0.5, 0.6) is 5.75 Å². The molecule has 1 atom stereocenters. The number of nitrogens with zero attached hydrogens (tertiary/aromatic N) is 1. The van der Waals surface area contributed by atoms with Gasteiger partial charge in [0.2, 0.25) is 0 Å². The van der Waals surface area contributed by atoms with Crippen molar-refractivity contribution < 1.29 is 17.7 Å². The number of hydrogen-bond acceptors (Lipinski definition) is 4. The predicted octanol–water partition coefficient (Wildman–Crippen LogP) is 1.43. The van der Waals surface area contributed by atoms with Gasteiger partial charge in [0.15, 0.2) is 0 Å². The molecule has 94 valence electrons. The van der Waals surface area contributed by atoms with Gasteiger partial charge < -0.3 is 5.11 Å². The molecule has 0 saturated carbocycles. The van der Waals surface area contributed by atoms with Crippen molar-refractivity contribution in [2.75, 3.05) is 23.8 Å². The third-order valence-electron chi connectivity index (χ3n) is 2.78. The van der Waals surface area contributed by atoms with Gasteiger partial charge in [0.05, 0.1) is 12.8 Å². The van der Waals surface area contributed by atoms with Gasteiger partial charge in [-0.05, 0) is 11.6 Å². The molecule has 0 spiro atoms. The van der Waals surface area contributed by atoms with Crippen molar-refractivity contribution in [1.82, 2.24) is 0 Å². The van der Waals surface area contributed by atoms with Gasteiger partial charge in [-0.25, -0.2) is 4.31 Å². The highest BCUT2D eigenvalue weighted by Gasteiger charge is 2.35. The zero-order valence-electron chi connectivity index (χ0n) is 9.13. The lowest BCUT2D eigenvalue weighted by Gasteiger charge is -2.17. The second kappa shape index (κ2) is 4.36. The van der Waals surface area contributed by atoms with E-state index in [1.807, 2.05) is 0 Å². The molecule has 5 nitrogen and oxygen atoms in total. The molecular formula is C10H12ClNO4S. The lowest BCUT2D eigenvalue weighted by molar-refractivity contribution is 0.394. The average molecular weight is 278 g/mol. The van der Waals surface area contributed by atoms with Crippen molar-refractivity contribution >= 4 is 27.6 Å². The lowest BCUT2D eigenvalue weighted by atomic mass is 10.0. The molecule has 0 bridgehead atoms. The normalized spacial score (nSPS) is 19.4. The second-order valence-corrected chi connectivity index (χ2v) is 5.69. The van der Waals surface area contributed by atoms with Crippen molar-refractivity contribution in [3.8, 4) is 5.75 Å². The SMILES string of the molecule is COS(=O)(=O)N1CC(CCl)c2ccc(O)cc21. The van der Waals surface area contributed by atoms with Gasteiger partial charge in [0.25, 0.3) is 0 Å². The average Bonchev–Trinajstić information content (AvgIpc) is 2.67. The standard InChI is InChI=1S/C10H12ClNO4S/c1-16-17(14,15)12-6-7(5-11)9-3-2-8(13)4-10(9)12/h2-4,7,13H,5-6H2,1H3. The lowest BCUT2D eigenvalue weighted by Crippen LogP contribution is -2.30. The van der Waals surface area contributed by atoms with E-state index in [9.17, 15) is 13.5 Å². The Morgan fingerprint density at radius 3 is 2.88 bits per heavy atom. The summed E-state index contributed by atoms with van der Waals surface area (Å²) in [5, 5.41) is 9.42. The number of anilines is 1. The third-order valence-corrected chi connectivity index (χ3v) is 4.45. The van der Waals surface area contributed by atoms with Crippen LogP contribution in [0.2, 0.25) is 0 Å². The third kappa shape index (κ3) is 2.08. The molecular weight excluding hydrogens is 266 g/mol. The summed E-state index contributed by atoms with van der Waals surface area (Å²) in [4.78, 5) is 0. The fraction of sp³-hybridized carbons (Fsp3) is 0.400. The van der Waals surface area contributed by atoms with Crippen LogP contribution in [0.15, 0.2) is 18.2 Å². The Bertz CT molecular complexity index is 531. The zero-order chi connectivity index (χ0) is 12.6. The highest BCUT2D eigenvalue weighted by atomic mass is 35.5. The number of rotatable bonds is 3. The summed E-state index contributed by atoms with van der Waals surface area (Å²) >= 11 is 5.81.